The van der Waals surface area contributed by atoms with Crippen LogP contribution >= 0.6 is 0 Å². The van der Waals surface area contributed by atoms with Crippen LogP contribution in [0.1, 0.15) is 42.9 Å². The van der Waals surface area contributed by atoms with Gasteiger partial charge in [0.2, 0.25) is 11.8 Å². The molecule has 6 nitrogen and oxygen atoms in total. The lowest BCUT2D eigenvalue weighted by Gasteiger charge is -2.24. The molecule has 0 spiro atoms. The first-order valence-corrected chi connectivity index (χ1v) is 10.1. The van der Waals surface area contributed by atoms with Crippen LogP contribution < -0.4 is 15.2 Å². The minimum atomic E-state index is -0.352. The third-order valence-electron chi connectivity index (χ3n) is 5.28. The molecule has 3 N–H and O–H groups in total. The van der Waals surface area contributed by atoms with Crippen molar-refractivity contribution in [3.8, 4) is 29.0 Å². The topological polar surface area (TPSA) is 97.0 Å². The lowest BCUT2D eigenvalue weighted by molar-refractivity contribution is 0.317. The molecule has 6 heteroatoms. The van der Waals surface area contributed by atoms with E-state index in [1.165, 1.54) is 5.56 Å². The van der Waals surface area contributed by atoms with Crippen LogP contribution in [0.3, 0.4) is 0 Å². The maximum atomic E-state index is 9.82. The Bertz CT molecular complexity index is 1110. The number of benzene rings is 2. The second kappa shape index (κ2) is 8.34. The second-order valence-electron chi connectivity index (χ2n) is 7.21. The van der Waals surface area contributed by atoms with E-state index in [4.69, 9.17) is 15.2 Å². The number of fused-ring (bicyclic) bond motifs is 1. The average molecular weight is 400 g/mol. The maximum absolute atomic E-state index is 9.82. The van der Waals surface area contributed by atoms with Gasteiger partial charge in [0.05, 0.1) is 23.8 Å². The molecule has 0 unspecified atom stereocenters. The first-order valence-electron chi connectivity index (χ1n) is 10.1. The summed E-state index contributed by atoms with van der Waals surface area (Å²) >= 11 is 0. The minimum Gasteiger partial charge on any atom is -0.494 e. The van der Waals surface area contributed by atoms with Crippen molar-refractivity contribution >= 4 is 0 Å². The van der Waals surface area contributed by atoms with Gasteiger partial charge >= 0.3 is 0 Å². The lowest BCUT2D eigenvalue weighted by Crippen LogP contribution is -2.21. The first-order chi connectivity index (χ1) is 14.7. The fraction of sp³-hybridized carbons (Fsp3) is 0.250. The number of nitriles is 1. The van der Waals surface area contributed by atoms with Gasteiger partial charge in [0.15, 0.2) is 0 Å². The van der Waals surface area contributed by atoms with Crippen molar-refractivity contribution in [2.24, 2.45) is 5.73 Å². The predicted octanol–water partition coefficient (Wildman–Crippen LogP) is 4.65. The van der Waals surface area contributed by atoms with Gasteiger partial charge < -0.3 is 15.2 Å². The highest BCUT2D eigenvalue weighted by atomic mass is 16.5. The van der Waals surface area contributed by atoms with Crippen molar-refractivity contribution in [3.05, 3.63) is 76.7 Å². The third-order valence-corrected chi connectivity index (χ3v) is 5.28. The number of aryl methyl sites for hydroxylation is 1. The van der Waals surface area contributed by atoms with Crippen molar-refractivity contribution in [3.63, 3.8) is 0 Å². The Morgan fingerprint density at radius 2 is 1.87 bits per heavy atom. The molecule has 1 aliphatic rings. The van der Waals surface area contributed by atoms with Gasteiger partial charge in [-0.25, -0.2) is 0 Å². The van der Waals surface area contributed by atoms with Gasteiger partial charge in [-0.1, -0.05) is 38.1 Å². The second-order valence-corrected chi connectivity index (χ2v) is 7.21. The van der Waals surface area contributed by atoms with E-state index < -0.39 is 0 Å². The van der Waals surface area contributed by atoms with Gasteiger partial charge in [-0.15, -0.1) is 5.10 Å². The molecule has 1 aliphatic heterocycles. The summed E-state index contributed by atoms with van der Waals surface area (Å²) in [4.78, 5) is 0. The van der Waals surface area contributed by atoms with Gasteiger partial charge in [0.25, 0.3) is 0 Å². The molecule has 4 rings (SSSR count). The number of rotatable bonds is 6. The summed E-state index contributed by atoms with van der Waals surface area (Å²) in [6.07, 6.45) is 1.90. The van der Waals surface area contributed by atoms with E-state index in [1.54, 1.807) is 0 Å². The third kappa shape index (κ3) is 3.50. The van der Waals surface area contributed by atoms with Crippen LogP contribution in [0.5, 0.6) is 11.6 Å². The number of nitrogens with one attached hydrogen (secondary N) is 1. The van der Waals surface area contributed by atoms with Crippen LogP contribution in [-0.2, 0) is 6.42 Å². The zero-order valence-corrected chi connectivity index (χ0v) is 17.1. The maximum Gasteiger partial charge on any atom is 0.244 e. The molecule has 0 bridgehead atoms. The fourth-order valence-corrected chi connectivity index (χ4v) is 3.68. The molecular weight excluding hydrogens is 376 g/mol. The van der Waals surface area contributed by atoms with Gasteiger partial charge in [-0.3, -0.25) is 5.10 Å². The largest absolute Gasteiger partial charge is 0.494 e. The Morgan fingerprint density at radius 1 is 1.13 bits per heavy atom. The molecule has 2 heterocycles. The molecule has 0 aliphatic carbocycles. The predicted molar refractivity (Wildman–Crippen MR) is 115 cm³/mol. The molecular formula is C24H24N4O2. The summed E-state index contributed by atoms with van der Waals surface area (Å²) in [6, 6.07) is 18.3. The Kier molecular flexibility index (Phi) is 5.44. The molecule has 1 atom stereocenters. The molecule has 2 aromatic carbocycles. The zero-order chi connectivity index (χ0) is 21.1. The van der Waals surface area contributed by atoms with Crippen molar-refractivity contribution < 1.29 is 9.47 Å². The lowest BCUT2D eigenvalue weighted by atomic mass is 9.82. The van der Waals surface area contributed by atoms with E-state index in [2.05, 4.69) is 42.2 Å². The molecule has 0 amide bonds. The number of aromatic nitrogens is 2. The van der Waals surface area contributed by atoms with Gasteiger partial charge in [0, 0.05) is 5.56 Å². The SMILES string of the molecule is CCCOc1ccc(-c2[nH]nc3c2[C@H](c2ccc(CC)cc2)C(C#N)=C(N)O3)cc1. The van der Waals surface area contributed by atoms with E-state index in [9.17, 15) is 5.26 Å². The number of nitrogens with two attached hydrogens (primary N) is 1. The standard InChI is InChI=1S/C24H24N4O2/c1-3-13-29-18-11-9-17(10-12-18)22-21-20(16-7-5-15(4-2)6-8-16)19(14-25)23(26)30-24(21)28-27-22/h5-12,20H,3-4,13,26H2,1-2H3,(H,27,28)/t20-/m1/s1. The van der Waals surface area contributed by atoms with E-state index in [-0.39, 0.29) is 11.8 Å². The van der Waals surface area contributed by atoms with E-state index >= 15 is 0 Å². The highest BCUT2D eigenvalue weighted by Gasteiger charge is 2.35. The summed E-state index contributed by atoms with van der Waals surface area (Å²) in [5.74, 6) is 0.960. The van der Waals surface area contributed by atoms with Crippen LogP contribution in [0, 0.1) is 11.3 Å². The Hall–Kier alpha value is -3.72. The molecule has 0 fully saturated rings. The van der Waals surface area contributed by atoms with Crippen LogP contribution in [0.25, 0.3) is 11.3 Å². The van der Waals surface area contributed by atoms with E-state index in [0.717, 1.165) is 41.0 Å². The highest BCUT2D eigenvalue weighted by Crippen LogP contribution is 2.45. The van der Waals surface area contributed by atoms with Crippen LogP contribution in [0.2, 0.25) is 0 Å². The number of hydrogen-bond acceptors (Lipinski definition) is 5. The highest BCUT2D eigenvalue weighted by molar-refractivity contribution is 5.71. The van der Waals surface area contributed by atoms with Gasteiger partial charge in [-0.2, -0.15) is 5.26 Å². The Balaban J connectivity index is 1.79. The summed E-state index contributed by atoms with van der Waals surface area (Å²) < 4.78 is 11.4. The monoisotopic (exact) mass is 400 g/mol. The number of ether oxygens (including phenoxy) is 2. The number of allylic oxidation sites excluding steroid dienone is 1. The molecule has 3 aromatic rings. The molecule has 152 valence electrons. The molecule has 0 saturated carbocycles. The van der Waals surface area contributed by atoms with Crippen LogP contribution in [0.4, 0.5) is 0 Å². The van der Waals surface area contributed by atoms with Crippen molar-refractivity contribution in [1.29, 1.82) is 5.26 Å². The number of H-pyrrole nitrogens is 1. The first kappa shape index (κ1) is 19.6. The Labute approximate surface area is 175 Å². The van der Waals surface area contributed by atoms with Gasteiger partial charge in [-0.05, 0) is 48.2 Å². The normalized spacial score (nSPS) is 15.3. The molecule has 1 aromatic heterocycles. The summed E-state index contributed by atoms with van der Waals surface area (Å²) in [7, 11) is 0. The van der Waals surface area contributed by atoms with Gasteiger partial charge in [0.1, 0.15) is 17.4 Å². The molecule has 30 heavy (non-hydrogen) atoms. The zero-order valence-electron chi connectivity index (χ0n) is 17.1. The van der Waals surface area contributed by atoms with E-state index in [1.807, 2.05) is 36.4 Å². The van der Waals surface area contributed by atoms with Crippen LogP contribution in [0.15, 0.2) is 60.0 Å². The fourth-order valence-electron chi connectivity index (χ4n) is 3.68. The summed E-state index contributed by atoms with van der Waals surface area (Å²) in [5, 5.41) is 17.2. The van der Waals surface area contributed by atoms with Crippen molar-refractivity contribution in [1.82, 2.24) is 10.2 Å². The number of nitrogens with zero attached hydrogens (tertiary/aromatic N) is 2. The average Bonchev–Trinajstić information content (AvgIpc) is 3.20. The van der Waals surface area contributed by atoms with Crippen molar-refractivity contribution in [2.45, 2.75) is 32.6 Å². The van der Waals surface area contributed by atoms with Crippen molar-refractivity contribution in [2.75, 3.05) is 6.61 Å². The molecule has 0 saturated heterocycles. The van der Waals surface area contributed by atoms with Crippen LogP contribution in [-0.4, -0.2) is 16.8 Å². The summed E-state index contributed by atoms with van der Waals surface area (Å²) in [5.41, 5.74) is 11.2. The van der Waals surface area contributed by atoms with E-state index in [0.29, 0.717) is 18.1 Å². The summed E-state index contributed by atoms with van der Waals surface area (Å²) in [6.45, 7) is 4.87. The molecule has 0 radical (unpaired) electrons. The number of hydrogen-bond donors (Lipinski definition) is 2. The quantitative estimate of drug-likeness (QED) is 0.628. The smallest absolute Gasteiger partial charge is 0.244 e. The Morgan fingerprint density at radius 3 is 2.50 bits per heavy atom. The minimum absolute atomic E-state index is 0.0935. The number of aromatic amines is 1.